The van der Waals surface area contributed by atoms with Crippen molar-refractivity contribution >= 4 is 17.9 Å². The third kappa shape index (κ3) is 7.95. The first-order chi connectivity index (χ1) is 14.5. The molecule has 7 heteroatoms. The van der Waals surface area contributed by atoms with Crippen LogP contribution in [0.3, 0.4) is 0 Å². The summed E-state index contributed by atoms with van der Waals surface area (Å²) in [4.78, 5) is 36.9. The van der Waals surface area contributed by atoms with Crippen molar-refractivity contribution in [3.05, 3.63) is 71.8 Å². The lowest BCUT2D eigenvalue weighted by molar-refractivity contribution is -0.128. The molecule has 2 aromatic rings. The van der Waals surface area contributed by atoms with Gasteiger partial charge in [0.1, 0.15) is 18.7 Å². The van der Waals surface area contributed by atoms with E-state index in [1.165, 1.54) is 0 Å². The van der Waals surface area contributed by atoms with Gasteiger partial charge in [0.05, 0.1) is 0 Å². The number of hydrogen-bond donors (Lipinski definition) is 3. The molecule has 0 aliphatic heterocycles. The zero-order chi connectivity index (χ0) is 21.8. The lowest BCUT2D eigenvalue weighted by atomic mass is 10.0. The molecule has 7 nitrogen and oxygen atoms in total. The molecule has 160 valence electrons. The zero-order valence-corrected chi connectivity index (χ0v) is 17.2. The van der Waals surface area contributed by atoms with Crippen molar-refractivity contribution in [3.63, 3.8) is 0 Å². The zero-order valence-electron chi connectivity index (χ0n) is 17.2. The van der Waals surface area contributed by atoms with Crippen LogP contribution in [0.2, 0.25) is 0 Å². The second-order valence-electron chi connectivity index (χ2n) is 7.05. The first-order valence-electron chi connectivity index (χ1n) is 10.1. The van der Waals surface area contributed by atoms with Crippen LogP contribution in [-0.2, 0) is 27.4 Å². The summed E-state index contributed by atoms with van der Waals surface area (Å²) in [5.41, 5.74) is 7.13. The predicted molar refractivity (Wildman–Crippen MR) is 114 cm³/mol. The predicted octanol–water partition coefficient (Wildman–Crippen LogP) is 2.68. The van der Waals surface area contributed by atoms with E-state index < -0.39 is 30.0 Å². The van der Waals surface area contributed by atoms with Gasteiger partial charge in [-0.15, -0.1) is 0 Å². The van der Waals surface area contributed by atoms with E-state index in [9.17, 15) is 14.4 Å². The van der Waals surface area contributed by atoms with E-state index in [1.54, 1.807) is 0 Å². The van der Waals surface area contributed by atoms with Gasteiger partial charge in [-0.25, -0.2) is 4.79 Å². The van der Waals surface area contributed by atoms with Gasteiger partial charge < -0.3 is 21.1 Å². The van der Waals surface area contributed by atoms with Gasteiger partial charge in [0.15, 0.2) is 0 Å². The highest BCUT2D eigenvalue weighted by atomic mass is 16.5. The Labute approximate surface area is 177 Å². The number of nitrogens with two attached hydrogens (primary N) is 1. The van der Waals surface area contributed by atoms with Crippen LogP contribution < -0.4 is 16.4 Å². The third-order valence-electron chi connectivity index (χ3n) is 4.61. The van der Waals surface area contributed by atoms with Crippen molar-refractivity contribution in [1.82, 2.24) is 10.6 Å². The molecule has 0 bridgehead atoms. The van der Waals surface area contributed by atoms with Gasteiger partial charge in [-0.2, -0.15) is 0 Å². The molecule has 2 aromatic carbocycles. The largest absolute Gasteiger partial charge is 0.445 e. The Morgan fingerprint density at radius 2 is 1.50 bits per heavy atom. The van der Waals surface area contributed by atoms with E-state index >= 15 is 0 Å². The van der Waals surface area contributed by atoms with Gasteiger partial charge in [0.25, 0.3) is 0 Å². The Hall–Kier alpha value is -3.35. The summed E-state index contributed by atoms with van der Waals surface area (Å²) in [6, 6.07) is 16.9. The Kier molecular flexibility index (Phi) is 9.37. The normalized spacial score (nSPS) is 12.4. The second kappa shape index (κ2) is 12.3. The fourth-order valence-electron chi connectivity index (χ4n) is 2.93. The number of carbonyl (C=O) groups is 3. The number of nitrogens with one attached hydrogen (secondary N) is 2. The van der Waals surface area contributed by atoms with E-state index in [0.29, 0.717) is 6.42 Å². The maximum Gasteiger partial charge on any atom is 0.408 e. The number of rotatable bonds is 11. The van der Waals surface area contributed by atoms with Gasteiger partial charge in [-0.3, -0.25) is 9.59 Å². The third-order valence-corrected chi connectivity index (χ3v) is 4.61. The van der Waals surface area contributed by atoms with Gasteiger partial charge in [0, 0.05) is 6.42 Å². The number of hydrogen-bond acceptors (Lipinski definition) is 4. The highest BCUT2D eigenvalue weighted by molar-refractivity contribution is 5.90. The SMILES string of the molecule is CCCC[C@@H](NC(=O)[C@@H](Cc1ccccc1)NC(=O)OCc1ccccc1)C(N)=O. The summed E-state index contributed by atoms with van der Waals surface area (Å²) >= 11 is 0. The quantitative estimate of drug-likeness (QED) is 0.528. The molecule has 0 unspecified atom stereocenters. The van der Waals surface area contributed by atoms with Crippen LogP contribution in [0.5, 0.6) is 0 Å². The average molecular weight is 412 g/mol. The first-order valence-corrected chi connectivity index (χ1v) is 10.1. The molecule has 0 fully saturated rings. The molecule has 0 heterocycles. The lowest BCUT2D eigenvalue weighted by Gasteiger charge is -2.22. The smallest absolute Gasteiger partial charge is 0.408 e. The summed E-state index contributed by atoms with van der Waals surface area (Å²) in [7, 11) is 0. The fraction of sp³-hybridized carbons (Fsp3) is 0.348. The van der Waals surface area contributed by atoms with Crippen LogP contribution in [-0.4, -0.2) is 30.0 Å². The van der Waals surface area contributed by atoms with Crippen molar-refractivity contribution in [1.29, 1.82) is 0 Å². The van der Waals surface area contributed by atoms with E-state index in [0.717, 1.165) is 24.0 Å². The second-order valence-corrected chi connectivity index (χ2v) is 7.05. The van der Waals surface area contributed by atoms with Gasteiger partial charge in [0.2, 0.25) is 11.8 Å². The number of alkyl carbamates (subject to hydrolysis) is 1. The van der Waals surface area contributed by atoms with Crippen LogP contribution in [0.15, 0.2) is 60.7 Å². The molecule has 0 radical (unpaired) electrons. The number of ether oxygens (including phenoxy) is 1. The molecule has 0 aliphatic carbocycles. The molecule has 2 rings (SSSR count). The monoisotopic (exact) mass is 411 g/mol. The van der Waals surface area contributed by atoms with Crippen LogP contribution in [0, 0.1) is 0 Å². The molecule has 0 aromatic heterocycles. The maximum atomic E-state index is 12.8. The molecular formula is C23H29N3O4. The van der Waals surface area contributed by atoms with Crippen molar-refractivity contribution in [2.45, 2.75) is 51.3 Å². The molecule has 2 atom stereocenters. The maximum absolute atomic E-state index is 12.8. The molecule has 0 saturated carbocycles. The van der Waals surface area contributed by atoms with Crippen LogP contribution in [0.4, 0.5) is 4.79 Å². The van der Waals surface area contributed by atoms with Gasteiger partial charge in [-0.1, -0.05) is 80.4 Å². The van der Waals surface area contributed by atoms with Crippen LogP contribution >= 0.6 is 0 Å². The summed E-state index contributed by atoms with van der Waals surface area (Å²) in [5.74, 6) is -1.07. The Bertz CT molecular complexity index is 812. The summed E-state index contributed by atoms with van der Waals surface area (Å²) in [5, 5.41) is 5.28. The molecule has 4 N–H and O–H groups in total. The van der Waals surface area contributed by atoms with Gasteiger partial charge in [-0.05, 0) is 17.5 Å². The van der Waals surface area contributed by atoms with E-state index in [2.05, 4.69) is 10.6 Å². The fourth-order valence-corrected chi connectivity index (χ4v) is 2.93. The molecule has 0 saturated heterocycles. The Morgan fingerprint density at radius 1 is 0.900 bits per heavy atom. The molecule has 0 spiro atoms. The number of primary amides is 1. The minimum absolute atomic E-state index is 0.0900. The standard InChI is InChI=1S/C23H29N3O4/c1-2-3-14-19(21(24)27)25-22(28)20(15-17-10-6-4-7-11-17)26-23(29)30-16-18-12-8-5-9-13-18/h4-13,19-20H,2-3,14-16H2,1H3,(H2,24,27)(H,25,28)(H,26,29)/t19-,20-/m1/s1. The van der Waals surface area contributed by atoms with Gasteiger partial charge >= 0.3 is 6.09 Å². The number of benzene rings is 2. The Balaban J connectivity index is 2.04. The van der Waals surface area contributed by atoms with E-state index in [-0.39, 0.29) is 13.0 Å². The summed E-state index contributed by atoms with van der Waals surface area (Å²) in [6.45, 7) is 2.08. The van der Waals surface area contributed by atoms with Crippen molar-refractivity contribution in [3.8, 4) is 0 Å². The lowest BCUT2D eigenvalue weighted by Crippen LogP contribution is -2.53. The topological polar surface area (TPSA) is 111 Å². The molecule has 0 aliphatic rings. The number of amides is 3. The van der Waals surface area contributed by atoms with E-state index in [1.807, 2.05) is 67.6 Å². The van der Waals surface area contributed by atoms with Crippen molar-refractivity contribution < 1.29 is 19.1 Å². The van der Waals surface area contributed by atoms with Crippen molar-refractivity contribution in [2.24, 2.45) is 5.73 Å². The first kappa shape index (κ1) is 22.9. The summed E-state index contributed by atoms with van der Waals surface area (Å²) in [6.07, 6.45) is 1.63. The van der Waals surface area contributed by atoms with E-state index in [4.69, 9.17) is 10.5 Å². The van der Waals surface area contributed by atoms with Crippen molar-refractivity contribution in [2.75, 3.05) is 0 Å². The Morgan fingerprint density at radius 3 is 2.07 bits per heavy atom. The number of unbranched alkanes of at least 4 members (excludes halogenated alkanes) is 1. The summed E-state index contributed by atoms with van der Waals surface area (Å²) < 4.78 is 5.24. The highest BCUT2D eigenvalue weighted by Crippen LogP contribution is 2.07. The highest BCUT2D eigenvalue weighted by Gasteiger charge is 2.26. The minimum atomic E-state index is -0.904. The minimum Gasteiger partial charge on any atom is -0.445 e. The average Bonchev–Trinajstić information content (AvgIpc) is 2.76. The van der Waals surface area contributed by atoms with Crippen LogP contribution in [0.25, 0.3) is 0 Å². The number of carbonyl (C=O) groups excluding carboxylic acids is 3. The molecule has 3 amide bonds. The van der Waals surface area contributed by atoms with Crippen LogP contribution in [0.1, 0.15) is 37.3 Å². The molecule has 30 heavy (non-hydrogen) atoms. The molecular weight excluding hydrogens is 382 g/mol.